The zero-order chi connectivity index (χ0) is 22.7. The molecule has 1 aliphatic heterocycles. The minimum atomic E-state index is -5.74. The quantitative estimate of drug-likeness (QED) is 0.260. The Morgan fingerprint density at radius 1 is 0.750 bits per heavy atom. The SMILES string of the molecule is O=S(=O)(NP1(=[Se])Oc2ccc3ccccc3c2-c2c(ccc3ccccc23)O1)C(F)(F)F. The topological polar surface area (TPSA) is 64.6 Å². The Hall–Kier alpha value is -2.35. The van der Waals surface area contributed by atoms with Crippen LogP contribution in [0.15, 0.2) is 72.8 Å². The molecule has 0 aromatic heterocycles. The number of hydrogen-bond donors (Lipinski definition) is 1. The molecule has 0 unspecified atom stereocenters. The summed E-state index contributed by atoms with van der Waals surface area (Å²) < 4.78 is 76.4. The van der Waals surface area contributed by atoms with Gasteiger partial charge in [-0.2, -0.15) is 0 Å². The molecule has 11 heteroatoms. The average Bonchev–Trinajstić information content (AvgIpc) is 2.85. The van der Waals surface area contributed by atoms with Crippen LogP contribution in [-0.4, -0.2) is 29.0 Å². The van der Waals surface area contributed by atoms with E-state index in [0.29, 0.717) is 11.1 Å². The van der Waals surface area contributed by atoms with Crippen LogP contribution < -0.4 is 13.5 Å². The molecule has 0 fully saturated rings. The van der Waals surface area contributed by atoms with Crippen LogP contribution in [-0.2, 0) is 10.0 Å². The van der Waals surface area contributed by atoms with E-state index in [1.54, 1.807) is 28.8 Å². The summed E-state index contributed by atoms with van der Waals surface area (Å²) in [6.45, 7) is 0. The average molecular weight is 542 g/mol. The van der Waals surface area contributed by atoms with Gasteiger partial charge in [0, 0.05) is 0 Å². The van der Waals surface area contributed by atoms with E-state index in [-0.39, 0.29) is 11.5 Å². The fraction of sp³-hybridized carbons (Fsp3) is 0.0476. The molecule has 4 aromatic carbocycles. The number of hydrogen-bond acceptors (Lipinski definition) is 4. The molecule has 1 N–H and O–H groups in total. The molecule has 0 saturated heterocycles. The van der Waals surface area contributed by atoms with Gasteiger partial charge in [-0.3, -0.25) is 0 Å². The van der Waals surface area contributed by atoms with Crippen molar-refractivity contribution >= 4 is 52.8 Å². The molecular formula is C21H13F3NO4PSSe. The second kappa shape index (κ2) is 7.33. The summed E-state index contributed by atoms with van der Waals surface area (Å²) in [5.41, 5.74) is -4.31. The summed E-state index contributed by atoms with van der Waals surface area (Å²) in [5, 5.41) is 3.35. The van der Waals surface area contributed by atoms with Crippen LogP contribution >= 0.6 is 6.11 Å². The molecule has 0 bridgehead atoms. The second-order valence-electron chi connectivity index (χ2n) is 7.04. The van der Waals surface area contributed by atoms with Crippen LogP contribution in [0.4, 0.5) is 13.2 Å². The minimum absolute atomic E-state index is 0.204. The van der Waals surface area contributed by atoms with Gasteiger partial charge in [0.2, 0.25) is 0 Å². The molecular weight excluding hydrogens is 529 g/mol. The Kier molecular flexibility index (Phi) is 4.93. The third-order valence-electron chi connectivity index (χ3n) is 5.01. The first-order valence-corrected chi connectivity index (χ1v) is 14.5. The standard InChI is InChI=1S/C21H13F3NO4PSSe/c22-21(23,24)31(26,27)25-30(32)28-17-11-9-13-5-1-3-7-15(13)19(17)20-16-8-4-2-6-14(16)10-12-18(20)29-30/h1-12H,(H,25,32). The fourth-order valence-corrected chi connectivity index (χ4v) is 9.30. The van der Waals surface area contributed by atoms with Crippen LogP contribution in [0.2, 0.25) is 0 Å². The predicted octanol–water partition coefficient (Wildman–Crippen LogP) is 5.72. The van der Waals surface area contributed by atoms with E-state index >= 15 is 0 Å². The van der Waals surface area contributed by atoms with Crippen molar-refractivity contribution in [3.63, 3.8) is 0 Å². The van der Waals surface area contributed by atoms with E-state index < -0.39 is 21.6 Å². The summed E-state index contributed by atoms with van der Waals surface area (Å²) in [4.78, 5) is 0. The maximum absolute atomic E-state index is 13.1. The van der Waals surface area contributed by atoms with Crippen molar-refractivity contribution in [1.29, 1.82) is 0 Å². The zero-order valence-corrected chi connectivity index (χ0v) is 19.4. The molecule has 1 heterocycles. The summed E-state index contributed by atoms with van der Waals surface area (Å²) in [5.74, 6) is 0.409. The van der Waals surface area contributed by atoms with E-state index in [4.69, 9.17) is 9.05 Å². The zero-order valence-electron chi connectivity index (χ0n) is 16.0. The van der Waals surface area contributed by atoms with Gasteiger partial charge < -0.3 is 0 Å². The van der Waals surface area contributed by atoms with Gasteiger partial charge in [-0.05, 0) is 0 Å². The Morgan fingerprint density at radius 3 is 1.62 bits per heavy atom. The Morgan fingerprint density at radius 2 is 1.19 bits per heavy atom. The van der Waals surface area contributed by atoms with Crippen LogP contribution in [0, 0.1) is 0 Å². The summed E-state index contributed by atoms with van der Waals surface area (Å²) in [6.07, 6.45) is -3.93. The van der Waals surface area contributed by atoms with E-state index in [0.717, 1.165) is 21.5 Å². The van der Waals surface area contributed by atoms with Gasteiger partial charge in [0.25, 0.3) is 0 Å². The number of rotatable bonds is 2. The molecule has 5 nitrogen and oxygen atoms in total. The number of sulfonamides is 1. The van der Waals surface area contributed by atoms with Crippen LogP contribution in [0.1, 0.15) is 0 Å². The number of nitrogens with one attached hydrogen (secondary N) is 1. The van der Waals surface area contributed by atoms with Gasteiger partial charge in [-0.15, -0.1) is 0 Å². The van der Waals surface area contributed by atoms with Crippen molar-refractivity contribution in [3.05, 3.63) is 72.8 Å². The van der Waals surface area contributed by atoms with Gasteiger partial charge in [-0.1, -0.05) is 0 Å². The molecule has 0 spiro atoms. The van der Waals surface area contributed by atoms with Crippen molar-refractivity contribution in [2.75, 3.05) is 0 Å². The molecule has 32 heavy (non-hydrogen) atoms. The molecule has 0 aliphatic carbocycles. The van der Waals surface area contributed by atoms with Gasteiger partial charge in [0.05, 0.1) is 0 Å². The number of benzene rings is 4. The van der Waals surface area contributed by atoms with E-state index in [2.05, 4.69) is 15.1 Å². The van der Waals surface area contributed by atoms with Crippen molar-refractivity contribution < 1.29 is 30.6 Å². The Bertz CT molecular complexity index is 1470. The van der Waals surface area contributed by atoms with Crippen molar-refractivity contribution in [1.82, 2.24) is 4.49 Å². The Labute approximate surface area is 188 Å². The molecule has 0 radical (unpaired) electrons. The van der Waals surface area contributed by atoms with Crippen LogP contribution in [0.5, 0.6) is 11.5 Å². The molecule has 5 rings (SSSR count). The monoisotopic (exact) mass is 543 g/mol. The van der Waals surface area contributed by atoms with Crippen LogP contribution in [0.3, 0.4) is 0 Å². The second-order valence-corrected chi connectivity index (χ2v) is 13.6. The molecule has 0 amide bonds. The van der Waals surface area contributed by atoms with E-state index in [9.17, 15) is 21.6 Å². The molecule has 0 atom stereocenters. The molecule has 1 aliphatic rings. The van der Waals surface area contributed by atoms with Crippen molar-refractivity contribution in [2.24, 2.45) is 0 Å². The van der Waals surface area contributed by atoms with E-state index in [1.807, 2.05) is 48.5 Å². The van der Waals surface area contributed by atoms with Gasteiger partial charge in [0.1, 0.15) is 0 Å². The van der Waals surface area contributed by atoms with Crippen molar-refractivity contribution in [2.45, 2.75) is 5.51 Å². The first-order valence-electron chi connectivity index (χ1n) is 9.21. The van der Waals surface area contributed by atoms with Gasteiger partial charge in [-0.25, -0.2) is 0 Å². The number of halogens is 3. The molecule has 4 aromatic rings. The number of fused-ring (bicyclic) bond motifs is 7. The third kappa shape index (κ3) is 3.52. The van der Waals surface area contributed by atoms with Gasteiger partial charge >= 0.3 is 189 Å². The first-order chi connectivity index (χ1) is 15.1. The Balaban J connectivity index is 1.84. The van der Waals surface area contributed by atoms with E-state index in [1.165, 1.54) is 0 Å². The van der Waals surface area contributed by atoms with Crippen molar-refractivity contribution in [3.8, 4) is 22.6 Å². The maximum atomic E-state index is 13.1. The first kappa shape index (κ1) is 21.5. The van der Waals surface area contributed by atoms with Crippen LogP contribution in [0.25, 0.3) is 32.7 Å². The molecule has 0 saturated carbocycles. The summed E-state index contributed by atoms with van der Waals surface area (Å²) in [7, 11) is -5.74. The summed E-state index contributed by atoms with van der Waals surface area (Å²) in [6, 6.07) is 21.7. The predicted molar refractivity (Wildman–Crippen MR) is 119 cm³/mol. The summed E-state index contributed by atoms with van der Waals surface area (Å²) >= 11 is 2.41. The fourth-order valence-electron chi connectivity index (χ4n) is 3.68. The molecule has 164 valence electrons. The number of alkyl halides is 3. The normalized spacial score (nSPS) is 15.3. The van der Waals surface area contributed by atoms with Gasteiger partial charge in [0.15, 0.2) is 0 Å². The third-order valence-corrected chi connectivity index (χ3v) is 10.7.